The number of hydrogen-bond acceptors (Lipinski definition) is 4. The number of rotatable bonds is 6. The summed E-state index contributed by atoms with van der Waals surface area (Å²) in [6.45, 7) is 1.75. The Morgan fingerprint density at radius 3 is 2.00 bits per heavy atom. The Kier molecular flexibility index (Phi) is 13.1. The Morgan fingerprint density at radius 2 is 1.71 bits per heavy atom. The summed E-state index contributed by atoms with van der Waals surface area (Å²) in [4.78, 5) is 19.2. The maximum absolute atomic E-state index is 9.79. The van der Waals surface area contributed by atoms with Gasteiger partial charge in [0.25, 0.3) is 0 Å². The van der Waals surface area contributed by atoms with Gasteiger partial charge < -0.3 is 20.1 Å². The average molecular weight is 205 g/mol. The molecule has 84 valence electrons. The lowest BCUT2D eigenvalue weighted by molar-refractivity contribution is -0.305. The quantitative estimate of drug-likeness (QED) is 0.584. The van der Waals surface area contributed by atoms with Crippen molar-refractivity contribution in [1.82, 2.24) is 0 Å². The molecule has 0 aromatic heterocycles. The van der Waals surface area contributed by atoms with Crippen molar-refractivity contribution in [2.24, 2.45) is 0 Å². The van der Waals surface area contributed by atoms with Crippen molar-refractivity contribution in [3.8, 4) is 0 Å². The monoisotopic (exact) mass is 205 g/mol. The van der Waals surface area contributed by atoms with E-state index in [0.29, 0.717) is 12.8 Å². The highest BCUT2D eigenvalue weighted by Gasteiger charge is 1.87. The van der Waals surface area contributed by atoms with E-state index in [0.717, 1.165) is 6.42 Å². The molecule has 0 aliphatic rings. The minimum absolute atomic E-state index is 0.111. The smallest absolute Gasteiger partial charge is 0.303 e. The van der Waals surface area contributed by atoms with Crippen LogP contribution in [0.1, 0.15) is 39.0 Å². The van der Waals surface area contributed by atoms with Crippen LogP contribution < -0.4 is 5.11 Å². The number of unbranched alkanes of at least 4 members (excludes halogenated alkanes) is 2. The van der Waals surface area contributed by atoms with Crippen molar-refractivity contribution in [2.45, 2.75) is 39.0 Å². The second-order valence-corrected chi connectivity index (χ2v) is 2.65. The number of carbonyl (C=O) groups excluding carboxylic acids is 1. The zero-order valence-electron chi connectivity index (χ0n) is 8.36. The normalized spacial score (nSPS) is 8.71. The van der Waals surface area contributed by atoms with Crippen LogP contribution in [0.25, 0.3) is 0 Å². The van der Waals surface area contributed by atoms with Crippen LogP contribution in [0.4, 0.5) is 0 Å². The number of aliphatic hydroxyl groups is 1. The fraction of sp³-hybridized carbons (Fsp3) is 0.778. The highest BCUT2D eigenvalue weighted by atomic mass is 16.4. The second-order valence-electron chi connectivity index (χ2n) is 2.65. The first-order valence-corrected chi connectivity index (χ1v) is 4.57. The standard InChI is InChI=1S/C6H12O3.C3H6O2/c7-5-3-1-2-4-6(8)9;1-2-3(4)5/h7H,1-5H2,(H,8,9);2H2,1H3,(H,4,5)/p-1. The van der Waals surface area contributed by atoms with Crippen LogP contribution in [-0.4, -0.2) is 28.8 Å². The van der Waals surface area contributed by atoms with Crippen molar-refractivity contribution in [3.63, 3.8) is 0 Å². The third-order valence-electron chi connectivity index (χ3n) is 1.34. The van der Waals surface area contributed by atoms with Gasteiger partial charge in [-0.1, -0.05) is 13.3 Å². The summed E-state index contributed by atoms with van der Waals surface area (Å²) in [6.07, 6.45) is 2.40. The Morgan fingerprint density at radius 1 is 1.21 bits per heavy atom. The van der Waals surface area contributed by atoms with Crippen molar-refractivity contribution >= 4 is 11.9 Å². The predicted molar refractivity (Wildman–Crippen MR) is 48.5 cm³/mol. The zero-order valence-corrected chi connectivity index (χ0v) is 8.36. The maximum Gasteiger partial charge on any atom is 0.303 e. The van der Waals surface area contributed by atoms with Crippen molar-refractivity contribution in [3.05, 3.63) is 0 Å². The van der Waals surface area contributed by atoms with Gasteiger partial charge in [-0.25, -0.2) is 0 Å². The van der Waals surface area contributed by atoms with Gasteiger partial charge in [0.2, 0.25) is 0 Å². The van der Waals surface area contributed by atoms with E-state index < -0.39 is 11.9 Å². The van der Waals surface area contributed by atoms with Gasteiger partial charge in [0.1, 0.15) is 0 Å². The van der Waals surface area contributed by atoms with E-state index in [2.05, 4.69) is 0 Å². The Labute approximate surface area is 83.4 Å². The second kappa shape index (κ2) is 11.9. The molecule has 0 spiro atoms. The maximum atomic E-state index is 9.79. The first kappa shape index (κ1) is 15.4. The van der Waals surface area contributed by atoms with E-state index in [1.807, 2.05) is 0 Å². The van der Waals surface area contributed by atoms with Crippen LogP contribution in [0.2, 0.25) is 0 Å². The fourth-order valence-electron chi connectivity index (χ4n) is 0.558. The summed E-state index contributed by atoms with van der Waals surface area (Å²) in [7, 11) is 0. The Hall–Kier alpha value is -1.10. The Balaban J connectivity index is 0. The number of carbonyl (C=O) groups is 2. The molecule has 0 bridgehead atoms. The van der Waals surface area contributed by atoms with Crippen LogP contribution in [0.3, 0.4) is 0 Å². The molecule has 0 aliphatic carbocycles. The molecule has 2 N–H and O–H groups in total. The van der Waals surface area contributed by atoms with Gasteiger partial charge in [-0.3, -0.25) is 4.79 Å². The number of hydrogen-bond donors (Lipinski definition) is 2. The summed E-state index contributed by atoms with van der Waals surface area (Å²) in [6, 6.07) is 0. The largest absolute Gasteiger partial charge is 0.550 e. The first-order chi connectivity index (χ1) is 6.54. The lowest BCUT2D eigenvalue weighted by atomic mass is 10.2. The molecule has 5 heteroatoms. The number of carboxylic acids is 2. The topological polar surface area (TPSA) is 97.7 Å². The van der Waals surface area contributed by atoms with Crippen molar-refractivity contribution < 1.29 is 24.9 Å². The molecule has 0 radical (unpaired) electrons. The fourth-order valence-corrected chi connectivity index (χ4v) is 0.558. The highest BCUT2D eigenvalue weighted by molar-refractivity contribution is 5.66. The van der Waals surface area contributed by atoms with Gasteiger partial charge >= 0.3 is 5.97 Å². The van der Waals surface area contributed by atoms with E-state index in [1.54, 1.807) is 6.92 Å². The first-order valence-electron chi connectivity index (χ1n) is 4.57. The van der Waals surface area contributed by atoms with Gasteiger partial charge in [-0.05, 0) is 19.3 Å². The summed E-state index contributed by atoms with van der Waals surface area (Å²) >= 11 is 0. The molecular formula is C9H17O5-. The zero-order chi connectivity index (χ0) is 11.4. The van der Waals surface area contributed by atoms with E-state index in [9.17, 15) is 14.7 Å². The van der Waals surface area contributed by atoms with E-state index in [1.165, 1.54) is 0 Å². The SMILES string of the molecule is CCC(=O)O.O=C([O-])CCCCCO. The molecule has 14 heavy (non-hydrogen) atoms. The molecule has 0 unspecified atom stereocenters. The third-order valence-corrected chi connectivity index (χ3v) is 1.34. The van der Waals surface area contributed by atoms with Crippen LogP contribution in [0.5, 0.6) is 0 Å². The lowest BCUT2D eigenvalue weighted by Crippen LogP contribution is -2.21. The average Bonchev–Trinajstić information content (AvgIpc) is 2.13. The molecule has 0 saturated carbocycles. The number of aliphatic carboxylic acids is 2. The van der Waals surface area contributed by atoms with Gasteiger partial charge in [0.05, 0.1) is 0 Å². The van der Waals surface area contributed by atoms with Crippen LogP contribution in [0, 0.1) is 0 Å². The highest BCUT2D eigenvalue weighted by Crippen LogP contribution is 1.96. The molecule has 0 heterocycles. The molecule has 0 atom stereocenters. The minimum Gasteiger partial charge on any atom is -0.550 e. The van der Waals surface area contributed by atoms with Gasteiger partial charge in [0.15, 0.2) is 0 Å². The molecule has 0 amide bonds. The predicted octanol–water partition coefficient (Wildman–Crippen LogP) is -0.230. The van der Waals surface area contributed by atoms with Crippen LogP contribution in [0.15, 0.2) is 0 Å². The van der Waals surface area contributed by atoms with Crippen LogP contribution >= 0.6 is 0 Å². The molecule has 5 nitrogen and oxygen atoms in total. The molecule has 0 aliphatic heterocycles. The minimum atomic E-state index is -1.01. The lowest BCUT2D eigenvalue weighted by Gasteiger charge is -1.98. The Bertz CT molecular complexity index is 155. The van der Waals surface area contributed by atoms with Gasteiger partial charge in [0, 0.05) is 19.0 Å². The molecular weight excluding hydrogens is 188 g/mol. The summed E-state index contributed by atoms with van der Waals surface area (Å²) in [5.74, 6) is -1.75. The van der Waals surface area contributed by atoms with E-state index >= 15 is 0 Å². The van der Waals surface area contributed by atoms with E-state index in [4.69, 9.17) is 10.2 Å². The molecule has 0 saturated heterocycles. The molecule has 0 aromatic rings. The summed E-state index contributed by atoms with van der Waals surface area (Å²) in [5.41, 5.74) is 0. The van der Waals surface area contributed by atoms with Crippen molar-refractivity contribution in [1.29, 1.82) is 0 Å². The number of carboxylic acid groups (broad SMARTS) is 2. The summed E-state index contributed by atoms with van der Waals surface area (Å²) < 4.78 is 0. The van der Waals surface area contributed by atoms with Gasteiger partial charge in [-0.2, -0.15) is 0 Å². The van der Waals surface area contributed by atoms with Crippen LogP contribution in [-0.2, 0) is 9.59 Å². The third kappa shape index (κ3) is 22.4. The number of aliphatic hydroxyl groups excluding tert-OH is 1. The van der Waals surface area contributed by atoms with E-state index in [-0.39, 0.29) is 19.4 Å². The van der Waals surface area contributed by atoms with Crippen molar-refractivity contribution in [2.75, 3.05) is 6.61 Å². The molecule has 0 aromatic carbocycles. The molecule has 0 rings (SSSR count). The molecule has 0 fully saturated rings. The van der Waals surface area contributed by atoms with Gasteiger partial charge in [-0.15, -0.1) is 0 Å². The summed E-state index contributed by atoms with van der Waals surface area (Å²) in [5, 5.41) is 25.8.